The lowest BCUT2D eigenvalue weighted by Gasteiger charge is -2.45. The van der Waals surface area contributed by atoms with E-state index in [1.807, 2.05) is 31.0 Å². The topological polar surface area (TPSA) is 174 Å². The summed E-state index contributed by atoms with van der Waals surface area (Å²) in [5.74, 6) is 1.37. The van der Waals surface area contributed by atoms with E-state index in [1.54, 1.807) is 24.3 Å². The van der Waals surface area contributed by atoms with Gasteiger partial charge in [0, 0.05) is 94.4 Å². The number of phenols is 1. The first-order valence-corrected chi connectivity index (χ1v) is 20.5. The number of aromatic nitrogens is 1. The van der Waals surface area contributed by atoms with E-state index in [9.17, 15) is 19.5 Å². The number of phenolic OH excluding ortho intramolecular Hbond substituents is 1. The van der Waals surface area contributed by atoms with Gasteiger partial charge in [-0.25, -0.2) is 0 Å². The number of imide groups is 1. The molecule has 0 aliphatic carbocycles. The molecule has 0 bridgehead atoms. The van der Waals surface area contributed by atoms with Gasteiger partial charge in [0.05, 0.1) is 11.4 Å². The number of hydrogen-bond acceptors (Lipinski definition) is 11. The number of likely N-dealkylation sites (N-methyl/N-ethyl adjacent to an activating group) is 1. The Hall–Kier alpha value is -5.30. The van der Waals surface area contributed by atoms with Gasteiger partial charge in [-0.05, 0) is 101 Å². The van der Waals surface area contributed by atoms with Crippen molar-refractivity contribution in [1.29, 1.82) is 0 Å². The predicted molar refractivity (Wildman–Crippen MR) is 221 cm³/mol. The van der Waals surface area contributed by atoms with E-state index in [1.165, 1.54) is 31.1 Å². The van der Waals surface area contributed by atoms with Gasteiger partial charge in [-0.3, -0.25) is 19.7 Å². The van der Waals surface area contributed by atoms with Crippen molar-refractivity contribution in [2.24, 2.45) is 17.4 Å². The van der Waals surface area contributed by atoms with Crippen LogP contribution in [0.4, 0.5) is 5.69 Å². The molecule has 306 valence electrons. The molecule has 5 heterocycles. The zero-order valence-corrected chi connectivity index (χ0v) is 33.6. The Bertz CT molecular complexity index is 1860. The van der Waals surface area contributed by atoms with Crippen LogP contribution in [0, 0.1) is 12.8 Å². The Labute approximate surface area is 336 Å². The highest BCUT2D eigenvalue weighted by Crippen LogP contribution is 2.40. The maximum Gasteiger partial charge on any atom is 0.236 e. The first-order valence-electron chi connectivity index (χ1n) is 20.5. The number of benzene rings is 2. The smallest absolute Gasteiger partial charge is 0.236 e. The largest absolute Gasteiger partial charge is 0.507 e. The van der Waals surface area contributed by atoms with Crippen LogP contribution in [0.2, 0.25) is 0 Å². The molecular weight excluding hydrogens is 721 g/mol. The van der Waals surface area contributed by atoms with Crippen LogP contribution in [0.25, 0.3) is 5.70 Å². The summed E-state index contributed by atoms with van der Waals surface area (Å²) in [6.07, 6.45) is 11.9. The first-order chi connectivity index (χ1) is 27.6. The summed E-state index contributed by atoms with van der Waals surface area (Å²) >= 11 is 0. The fourth-order valence-electron chi connectivity index (χ4n) is 8.71. The molecule has 4 aliphatic rings. The van der Waals surface area contributed by atoms with Crippen LogP contribution in [0.3, 0.4) is 0 Å². The molecule has 13 nitrogen and oxygen atoms in total. The summed E-state index contributed by atoms with van der Waals surface area (Å²) < 4.78 is 5.84. The number of likely N-dealkylation sites (tertiary alicyclic amines) is 2. The number of allylic oxidation sites excluding steroid dienone is 1. The monoisotopic (exact) mass is 780 g/mol. The Morgan fingerprint density at radius 3 is 2.19 bits per heavy atom. The third-order valence-electron chi connectivity index (χ3n) is 12.3. The predicted octanol–water partition coefficient (Wildman–Crippen LogP) is 4.86. The van der Waals surface area contributed by atoms with Crippen LogP contribution < -0.4 is 21.7 Å². The molecule has 2 aromatic carbocycles. The van der Waals surface area contributed by atoms with Crippen LogP contribution >= 0.6 is 0 Å². The number of nitrogens with one attached hydrogen (secondary N) is 1. The average Bonchev–Trinajstić information content (AvgIpc) is 3.69. The number of piperidine rings is 4. The summed E-state index contributed by atoms with van der Waals surface area (Å²) in [6.45, 7) is 8.53. The summed E-state index contributed by atoms with van der Waals surface area (Å²) in [5, 5.41) is 16.7. The fraction of sp³-hybridized carbons (Fsp3) is 0.500. The van der Waals surface area contributed by atoms with Gasteiger partial charge in [0.1, 0.15) is 11.2 Å². The van der Waals surface area contributed by atoms with Crippen molar-refractivity contribution in [3.63, 3.8) is 0 Å². The van der Waals surface area contributed by atoms with Crippen LogP contribution in [-0.2, 0) is 19.8 Å². The van der Waals surface area contributed by atoms with Crippen molar-refractivity contribution in [2.75, 3.05) is 57.8 Å². The Morgan fingerprint density at radius 2 is 1.61 bits per heavy atom. The second kappa shape index (κ2) is 19.2. The average molecular weight is 781 g/mol. The third kappa shape index (κ3) is 10.4. The minimum absolute atomic E-state index is 0.106. The molecule has 0 atom stereocenters. The minimum Gasteiger partial charge on any atom is -0.507 e. The molecule has 0 saturated carbocycles. The van der Waals surface area contributed by atoms with Crippen LogP contribution in [0.15, 0.2) is 83.2 Å². The number of anilines is 1. The summed E-state index contributed by atoms with van der Waals surface area (Å²) in [4.78, 5) is 44.5. The maximum absolute atomic E-state index is 14.5. The van der Waals surface area contributed by atoms with Gasteiger partial charge < -0.3 is 40.7 Å². The maximum atomic E-state index is 14.5. The molecule has 0 unspecified atom stereocenters. The highest BCUT2D eigenvalue weighted by molar-refractivity contribution is 5.97. The Morgan fingerprint density at radius 1 is 0.965 bits per heavy atom. The van der Waals surface area contributed by atoms with Gasteiger partial charge in [0.2, 0.25) is 17.7 Å². The Balaban J connectivity index is 0.000000612. The summed E-state index contributed by atoms with van der Waals surface area (Å²) in [7, 11) is 1.97. The zero-order valence-electron chi connectivity index (χ0n) is 33.6. The van der Waals surface area contributed by atoms with Gasteiger partial charge in [-0.1, -0.05) is 35.5 Å². The van der Waals surface area contributed by atoms with E-state index in [0.29, 0.717) is 62.2 Å². The van der Waals surface area contributed by atoms with Crippen molar-refractivity contribution in [1.82, 2.24) is 25.2 Å². The van der Waals surface area contributed by atoms with Crippen molar-refractivity contribution >= 4 is 29.1 Å². The molecule has 4 saturated heterocycles. The fourth-order valence-corrected chi connectivity index (χ4v) is 8.71. The molecule has 7 rings (SSSR count). The molecular formula is C44H60N8O5. The number of carbonyl (C=O) groups excluding carboxylic acids is 3. The van der Waals surface area contributed by atoms with Gasteiger partial charge in [0.25, 0.3) is 0 Å². The number of nitrogens with two attached hydrogens (primary N) is 2. The van der Waals surface area contributed by atoms with Crippen LogP contribution in [-0.4, -0.2) is 102 Å². The molecule has 0 spiro atoms. The second-order valence-electron chi connectivity index (χ2n) is 16.0. The number of nitrogens with zero attached hydrogens (tertiary/aromatic N) is 5. The molecule has 4 aliphatic heterocycles. The normalized spacial score (nSPS) is 20.1. The number of aryl methyl sites for hydroxylation is 1. The molecule has 3 amide bonds. The highest BCUT2D eigenvalue weighted by atomic mass is 16.5. The lowest BCUT2D eigenvalue weighted by Crippen LogP contribution is -2.55. The third-order valence-corrected chi connectivity index (χ3v) is 12.3. The number of hydrogen-bond donors (Lipinski definition) is 4. The van der Waals surface area contributed by atoms with Crippen LogP contribution in [0.1, 0.15) is 81.2 Å². The molecule has 4 fully saturated rings. The van der Waals surface area contributed by atoms with E-state index in [0.717, 1.165) is 62.9 Å². The standard InChI is InChI=1S/C39H53N7O3.C5H7NO2/c1-29-26-37(49-42-29)39(17-24-46(25-18-39)33(28-40)27-35(41)34-10-6-7-11-36(34)47)38(48)43(2)31-15-20-44(21-16-31)19-12-30-13-22-45(23-14-30)32-8-4-3-5-9-32;7-4-2-1-3-5(8)6-4/h3-11,26-28,30-31,47H,12-25,40-41H2,1-2H3;1-3H2,(H,6,7,8)/b33-28+,35-27-;. The number of amides is 3. The van der Waals surface area contributed by atoms with Crippen molar-refractivity contribution in [2.45, 2.75) is 82.6 Å². The lowest BCUT2D eigenvalue weighted by atomic mass is 9.74. The van der Waals surface area contributed by atoms with Gasteiger partial charge in [-0.2, -0.15) is 0 Å². The zero-order chi connectivity index (χ0) is 40.4. The van der Waals surface area contributed by atoms with E-state index in [-0.39, 0.29) is 29.5 Å². The van der Waals surface area contributed by atoms with Crippen molar-refractivity contribution in [3.05, 3.63) is 95.7 Å². The second-order valence-corrected chi connectivity index (χ2v) is 16.0. The van der Waals surface area contributed by atoms with E-state index in [2.05, 4.69) is 55.5 Å². The highest BCUT2D eigenvalue weighted by Gasteiger charge is 2.49. The number of para-hydroxylation sites is 2. The van der Waals surface area contributed by atoms with E-state index >= 15 is 0 Å². The molecule has 1 aromatic heterocycles. The molecule has 6 N–H and O–H groups in total. The summed E-state index contributed by atoms with van der Waals surface area (Å²) in [5.41, 5.74) is 15.5. The van der Waals surface area contributed by atoms with Crippen LogP contribution in [0.5, 0.6) is 5.75 Å². The van der Waals surface area contributed by atoms with Gasteiger partial charge in [-0.15, -0.1) is 0 Å². The Kier molecular flexibility index (Phi) is 13.9. The van der Waals surface area contributed by atoms with Gasteiger partial charge in [0.15, 0.2) is 5.76 Å². The molecule has 3 aromatic rings. The van der Waals surface area contributed by atoms with E-state index in [4.69, 9.17) is 16.0 Å². The molecule has 57 heavy (non-hydrogen) atoms. The first kappa shape index (κ1) is 41.3. The van der Waals surface area contributed by atoms with Gasteiger partial charge >= 0.3 is 0 Å². The number of aromatic hydroxyl groups is 1. The molecule has 13 heteroatoms. The van der Waals surface area contributed by atoms with E-state index < -0.39 is 5.41 Å². The van der Waals surface area contributed by atoms with Crippen molar-refractivity contribution in [3.8, 4) is 5.75 Å². The number of rotatable bonds is 10. The lowest BCUT2D eigenvalue weighted by molar-refractivity contribution is -0.142. The SMILES string of the molecule is Cc1cc(C2(C(=O)N(C)C3CCN(CCC4CCN(c5ccccc5)CC4)CC3)CCN(C(/C=C(\N)c3ccccc3O)=C/N)CC2)on1.O=C1CCCC(=O)N1. The summed E-state index contributed by atoms with van der Waals surface area (Å²) in [6, 6.07) is 19.9. The molecule has 0 radical (unpaired) electrons. The van der Waals surface area contributed by atoms with Crippen molar-refractivity contribution < 1.29 is 24.0 Å². The minimum atomic E-state index is -0.801. The quantitative estimate of drug-likeness (QED) is 0.163. The number of carbonyl (C=O) groups is 3.